The summed E-state index contributed by atoms with van der Waals surface area (Å²) in [7, 11) is -0.837. The van der Waals surface area contributed by atoms with Crippen LogP contribution in [0, 0.1) is 0 Å². The Bertz CT molecular complexity index is 976. The third-order valence-electron chi connectivity index (χ3n) is 4.25. The maximum atomic E-state index is 13.0. The maximum absolute atomic E-state index is 13.0. The Labute approximate surface area is 202 Å². The first-order chi connectivity index (χ1) is 14.6. The Morgan fingerprint density at radius 1 is 1.45 bits per heavy atom. The smallest absolute Gasteiger partial charge is 0.341 e. The van der Waals surface area contributed by atoms with E-state index >= 15 is 0 Å². The van der Waals surface area contributed by atoms with E-state index in [-0.39, 0.29) is 22.4 Å². The average Bonchev–Trinajstić information content (AvgIpc) is 3.13. The lowest BCUT2D eigenvalue weighted by atomic mass is 10.0. The molecule has 14 heteroatoms. The summed E-state index contributed by atoms with van der Waals surface area (Å²) < 4.78 is 6.25. The van der Waals surface area contributed by atoms with E-state index in [1.807, 2.05) is 19.6 Å². The summed E-state index contributed by atoms with van der Waals surface area (Å²) in [6.07, 6.45) is 0. The zero-order valence-corrected chi connectivity index (χ0v) is 22.1. The number of halogens is 1. The summed E-state index contributed by atoms with van der Waals surface area (Å²) in [4.78, 5) is 48.9. The summed E-state index contributed by atoms with van der Waals surface area (Å²) in [5, 5.41) is 7.89. The number of nitrogens with zero attached hydrogens (tertiary/aromatic N) is 3. The lowest BCUT2D eigenvalue weighted by Gasteiger charge is -2.49. The summed E-state index contributed by atoms with van der Waals surface area (Å²) >= 11 is 4.82. The molecule has 168 valence electrons. The van der Waals surface area contributed by atoms with Crippen LogP contribution in [0.15, 0.2) is 21.8 Å². The molecule has 0 saturated carbocycles. The lowest BCUT2D eigenvalue weighted by Crippen LogP contribution is -2.71. The topological polar surface area (TPSA) is 136 Å². The highest BCUT2D eigenvalue weighted by Crippen LogP contribution is 2.41. The first-order valence-corrected chi connectivity index (χ1v) is 16.0. The number of hydrogen-bond donors (Lipinski definition) is 2. The van der Waals surface area contributed by atoms with Crippen LogP contribution in [0.25, 0.3) is 0 Å². The molecule has 1 saturated heterocycles. The second-order valence-electron chi connectivity index (χ2n) is 7.64. The predicted octanol–water partition coefficient (Wildman–Crippen LogP) is 1.54. The quantitative estimate of drug-likeness (QED) is 0.121. The molecule has 3 rings (SSSR count). The predicted molar refractivity (Wildman–Crippen MR) is 130 cm³/mol. The summed E-state index contributed by atoms with van der Waals surface area (Å²) in [5.74, 6) is -0.888. The van der Waals surface area contributed by atoms with E-state index in [9.17, 15) is 14.4 Å². The van der Waals surface area contributed by atoms with Gasteiger partial charge in [-0.3, -0.25) is 14.5 Å². The molecule has 31 heavy (non-hydrogen) atoms. The normalized spacial score (nSPS) is 21.4. The zero-order valence-electron chi connectivity index (χ0n) is 17.3. The number of β-lactam (4-membered cyclic amide) rings is 1. The van der Waals surface area contributed by atoms with Crippen LogP contribution in [0.1, 0.15) is 5.69 Å². The third-order valence-corrected chi connectivity index (χ3v) is 7.98. The molecule has 1 aromatic heterocycles. The molecule has 1 unspecified atom stereocenters. The van der Waals surface area contributed by atoms with Gasteiger partial charge in [0.05, 0.1) is 0 Å². The molecule has 0 radical (unpaired) electrons. The van der Waals surface area contributed by atoms with Crippen LogP contribution in [-0.4, -0.2) is 70.4 Å². The molecule has 2 aliphatic heterocycles. The second kappa shape index (κ2) is 9.46. The van der Waals surface area contributed by atoms with Gasteiger partial charge in [0.15, 0.2) is 10.8 Å². The first-order valence-electron chi connectivity index (χ1n) is 9.16. The monoisotopic (exact) mass is 595 g/mol. The van der Waals surface area contributed by atoms with Crippen molar-refractivity contribution in [2.75, 3.05) is 23.0 Å². The van der Waals surface area contributed by atoms with E-state index in [1.165, 1.54) is 23.8 Å². The van der Waals surface area contributed by atoms with E-state index in [0.717, 1.165) is 16.9 Å². The summed E-state index contributed by atoms with van der Waals surface area (Å²) in [6, 6.07) is -0.805. The highest BCUT2D eigenvalue weighted by Gasteiger charge is 2.54. The minimum Gasteiger partial charge on any atom is -0.515 e. The largest absolute Gasteiger partial charge is 0.515 e. The molecule has 2 atom stereocenters. The van der Waals surface area contributed by atoms with Crippen LogP contribution in [0.5, 0.6) is 0 Å². The van der Waals surface area contributed by atoms with Gasteiger partial charge >= 0.3 is 5.97 Å². The number of thiazole rings is 1. The van der Waals surface area contributed by atoms with E-state index in [1.54, 1.807) is 5.38 Å². The van der Waals surface area contributed by atoms with Gasteiger partial charge in [-0.05, 0) is 25.2 Å². The molecule has 0 aromatic carbocycles. The minimum absolute atomic E-state index is 0.0793. The van der Waals surface area contributed by atoms with Crippen LogP contribution in [0.4, 0.5) is 5.13 Å². The fraction of sp³-hybridized carbons (Fsp3) is 0.471. The molecule has 1 aromatic rings. The number of anilines is 1. The highest BCUT2D eigenvalue weighted by molar-refractivity contribution is 14.1. The van der Waals surface area contributed by atoms with E-state index in [0.29, 0.717) is 15.9 Å². The molecule has 10 nitrogen and oxygen atoms in total. The highest BCUT2D eigenvalue weighted by atomic mass is 127. The minimum atomic E-state index is -2.15. The number of carbonyl (C=O) groups is 3. The number of thioether (sulfide) groups is 1. The SMILES string of the molecule is CON=C(C(=O)NC1C(=O)N2C(C(=O)O[Si](C)(C)C)=C(CI)CS[C@@H]12)c1csc(N)n1. The molecule has 0 spiro atoms. The standard InChI is InChI=1S/C17H22IN5O5S2Si/c1-27-22-10(9-7-30-17(19)20-9)13(24)21-11-14(25)23-12(16(26)28-31(2,3)4)8(5-18)6-29-15(11)23/h7,11,15H,5-6H2,1-4H3,(H2,19,20)(H,21,24)/t11?,15-/m0/s1. The number of rotatable bonds is 7. The van der Waals surface area contributed by atoms with Crippen molar-refractivity contribution < 1.29 is 23.6 Å². The number of nitrogen functional groups attached to an aromatic ring is 1. The lowest BCUT2D eigenvalue weighted by molar-refractivity contribution is -0.149. The van der Waals surface area contributed by atoms with Gasteiger partial charge in [0.1, 0.15) is 29.9 Å². The Morgan fingerprint density at radius 2 is 2.16 bits per heavy atom. The summed E-state index contributed by atoms with van der Waals surface area (Å²) in [6.45, 7) is 5.73. The molecule has 2 aliphatic rings. The van der Waals surface area contributed by atoms with Crippen molar-refractivity contribution in [1.82, 2.24) is 15.2 Å². The number of oxime groups is 1. The van der Waals surface area contributed by atoms with Gasteiger partial charge in [0.25, 0.3) is 11.8 Å². The van der Waals surface area contributed by atoms with Gasteiger partial charge in [0, 0.05) is 15.6 Å². The van der Waals surface area contributed by atoms with Gasteiger partial charge in [-0.15, -0.1) is 23.1 Å². The number of amides is 2. The van der Waals surface area contributed by atoms with Crippen molar-refractivity contribution >= 4 is 82.6 Å². The number of nitrogens with one attached hydrogen (secondary N) is 1. The van der Waals surface area contributed by atoms with Crippen LogP contribution in [0.3, 0.4) is 0 Å². The van der Waals surface area contributed by atoms with E-state index in [2.05, 4.69) is 38.0 Å². The molecular weight excluding hydrogens is 573 g/mol. The number of aromatic nitrogens is 1. The van der Waals surface area contributed by atoms with Gasteiger partial charge in [-0.25, -0.2) is 9.78 Å². The van der Waals surface area contributed by atoms with Crippen LogP contribution in [-0.2, 0) is 23.6 Å². The molecule has 3 heterocycles. The van der Waals surface area contributed by atoms with Crippen molar-refractivity contribution in [1.29, 1.82) is 0 Å². The molecule has 2 amide bonds. The third kappa shape index (κ3) is 5.06. The zero-order chi connectivity index (χ0) is 22.9. The average molecular weight is 596 g/mol. The summed E-state index contributed by atoms with van der Waals surface area (Å²) in [5.41, 5.74) is 6.97. The van der Waals surface area contributed by atoms with Crippen molar-refractivity contribution in [3.8, 4) is 0 Å². The molecule has 1 fully saturated rings. The Balaban J connectivity index is 1.79. The molecule has 0 aliphatic carbocycles. The number of carbonyl (C=O) groups excluding carboxylic acids is 3. The maximum Gasteiger partial charge on any atom is 0.341 e. The van der Waals surface area contributed by atoms with Crippen molar-refractivity contribution in [3.63, 3.8) is 0 Å². The number of alkyl halides is 1. The number of nitrogens with two attached hydrogens (primary N) is 1. The van der Waals surface area contributed by atoms with Crippen molar-refractivity contribution in [2.24, 2.45) is 5.16 Å². The van der Waals surface area contributed by atoms with E-state index in [4.69, 9.17) is 15.0 Å². The van der Waals surface area contributed by atoms with Crippen molar-refractivity contribution in [2.45, 2.75) is 31.1 Å². The number of fused-ring (bicyclic) bond motifs is 1. The fourth-order valence-corrected chi connectivity index (χ4v) is 6.55. The van der Waals surface area contributed by atoms with Crippen LogP contribution >= 0.6 is 45.7 Å². The molecular formula is C17H22IN5O5S2Si. The van der Waals surface area contributed by atoms with Crippen molar-refractivity contribution in [3.05, 3.63) is 22.3 Å². The Morgan fingerprint density at radius 3 is 2.71 bits per heavy atom. The van der Waals surface area contributed by atoms with E-state index < -0.39 is 31.6 Å². The fourth-order valence-electron chi connectivity index (χ4n) is 3.00. The second-order valence-corrected chi connectivity index (χ2v) is 14.8. The van der Waals surface area contributed by atoms with Gasteiger partial charge in [0.2, 0.25) is 8.32 Å². The Hall–Kier alpha value is -1.65. The van der Waals surface area contributed by atoms with Gasteiger partial charge in [-0.2, -0.15) is 0 Å². The Kier molecular flexibility index (Phi) is 7.32. The van der Waals surface area contributed by atoms with Crippen LogP contribution in [0.2, 0.25) is 19.6 Å². The first kappa shape index (κ1) is 24.0. The number of hydrogen-bond acceptors (Lipinski definition) is 10. The molecule has 0 bridgehead atoms. The molecule has 3 N–H and O–H groups in total. The van der Waals surface area contributed by atoms with Gasteiger partial charge in [-0.1, -0.05) is 27.7 Å². The van der Waals surface area contributed by atoms with Gasteiger partial charge < -0.3 is 20.3 Å². The van der Waals surface area contributed by atoms with Crippen LogP contribution < -0.4 is 11.1 Å².